The lowest BCUT2D eigenvalue weighted by molar-refractivity contribution is -0.143. The van der Waals surface area contributed by atoms with Crippen LogP contribution in [0.3, 0.4) is 0 Å². The molecule has 4 heteroatoms. The number of carboxylic acids is 1. The van der Waals surface area contributed by atoms with Gasteiger partial charge in [-0.25, -0.2) is 0 Å². The van der Waals surface area contributed by atoms with Crippen molar-refractivity contribution >= 4 is 17.6 Å². The van der Waals surface area contributed by atoms with Gasteiger partial charge in [0, 0.05) is 5.02 Å². The molecule has 1 aliphatic carbocycles. The molecule has 0 saturated heterocycles. The molecule has 104 valence electrons. The van der Waals surface area contributed by atoms with Crippen molar-refractivity contribution in [1.29, 1.82) is 0 Å². The van der Waals surface area contributed by atoms with Crippen molar-refractivity contribution in [2.45, 2.75) is 32.1 Å². The Bertz CT molecular complexity index is 453. The summed E-state index contributed by atoms with van der Waals surface area (Å²) in [5.74, 6) is -0.0568. The van der Waals surface area contributed by atoms with Gasteiger partial charge in [-0.1, -0.05) is 24.4 Å². The van der Waals surface area contributed by atoms with E-state index in [0.717, 1.165) is 31.2 Å². The number of rotatable bonds is 5. The summed E-state index contributed by atoms with van der Waals surface area (Å²) in [6, 6.07) is 5.37. The topological polar surface area (TPSA) is 46.5 Å². The summed E-state index contributed by atoms with van der Waals surface area (Å²) in [5, 5.41) is 10.1. The van der Waals surface area contributed by atoms with Crippen LogP contribution in [0, 0.1) is 11.8 Å². The van der Waals surface area contributed by atoms with E-state index >= 15 is 0 Å². The summed E-state index contributed by atoms with van der Waals surface area (Å²) >= 11 is 5.99. The van der Waals surface area contributed by atoms with Crippen molar-refractivity contribution in [3.8, 4) is 5.75 Å². The Morgan fingerprint density at radius 1 is 1.47 bits per heavy atom. The lowest BCUT2D eigenvalue weighted by Gasteiger charge is -2.20. The number of aliphatic carboxylic acids is 1. The molecular formula is C15H19ClO3. The highest BCUT2D eigenvalue weighted by Crippen LogP contribution is 2.35. The zero-order valence-corrected chi connectivity index (χ0v) is 11.8. The van der Waals surface area contributed by atoms with Crippen molar-refractivity contribution in [1.82, 2.24) is 0 Å². The maximum atomic E-state index is 11.5. The van der Waals surface area contributed by atoms with Gasteiger partial charge < -0.3 is 9.84 Å². The van der Waals surface area contributed by atoms with E-state index in [1.807, 2.05) is 6.07 Å². The Balaban J connectivity index is 2.20. The monoisotopic (exact) mass is 282 g/mol. The number of halogens is 1. The SMILES string of the molecule is COc1ccc(Cl)cc1CC(C(=O)O)C1CCCC1. The van der Waals surface area contributed by atoms with E-state index in [9.17, 15) is 9.90 Å². The number of hydrogen-bond donors (Lipinski definition) is 1. The van der Waals surface area contributed by atoms with Crippen LogP contribution >= 0.6 is 11.6 Å². The van der Waals surface area contributed by atoms with Crippen molar-refractivity contribution < 1.29 is 14.6 Å². The molecule has 3 nitrogen and oxygen atoms in total. The van der Waals surface area contributed by atoms with Crippen molar-refractivity contribution in [2.75, 3.05) is 7.11 Å². The third-order valence-corrected chi connectivity index (χ3v) is 4.20. The summed E-state index contributed by atoms with van der Waals surface area (Å²) < 4.78 is 5.29. The molecule has 0 radical (unpaired) electrons. The zero-order valence-electron chi connectivity index (χ0n) is 11.1. The normalized spacial score (nSPS) is 17.4. The predicted molar refractivity (Wildman–Crippen MR) is 74.8 cm³/mol. The van der Waals surface area contributed by atoms with Crippen LogP contribution in [0.4, 0.5) is 0 Å². The average Bonchev–Trinajstić information content (AvgIpc) is 2.89. The van der Waals surface area contributed by atoms with Crippen LogP contribution in [-0.2, 0) is 11.2 Å². The minimum Gasteiger partial charge on any atom is -0.496 e. The van der Waals surface area contributed by atoms with Crippen LogP contribution in [0.15, 0.2) is 18.2 Å². The van der Waals surface area contributed by atoms with Crippen LogP contribution in [0.5, 0.6) is 5.75 Å². The second-order valence-electron chi connectivity index (χ2n) is 5.15. The fraction of sp³-hybridized carbons (Fsp3) is 0.533. The van der Waals surface area contributed by atoms with Gasteiger partial charge in [0.05, 0.1) is 13.0 Å². The number of benzene rings is 1. The fourth-order valence-corrected chi connectivity index (χ4v) is 3.15. The summed E-state index contributed by atoms with van der Waals surface area (Å²) in [7, 11) is 1.60. The number of carbonyl (C=O) groups is 1. The molecule has 1 aliphatic rings. The lowest BCUT2D eigenvalue weighted by atomic mass is 9.85. The molecule has 1 aromatic carbocycles. The second kappa shape index (κ2) is 6.29. The molecule has 1 saturated carbocycles. The highest BCUT2D eigenvalue weighted by Gasteiger charge is 2.31. The van der Waals surface area contributed by atoms with Crippen LogP contribution in [0.1, 0.15) is 31.2 Å². The van der Waals surface area contributed by atoms with Crippen molar-refractivity contribution in [3.05, 3.63) is 28.8 Å². The molecule has 19 heavy (non-hydrogen) atoms. The quantitative estimate of drug-likeness (QED) is 0.894. The van der Waals surface area contributed by atoms with E-state index in [0.29, 0.717) is 17.2 Å². The molecule has 0 bridgehead atoms. The van der Waals surface area contributed by atoms with E-state index in [1.54, 1.807) is 19.2 Å². The Morgan fingerprint density at radius 3 is 2.74 bits per heavy atom. The molecule has 1 N–H and O–H groups in total. The van der Waals surface area contributed by atoms with Gasteiger partial charge in [-0.15, -0.1) is 0 Å². The Kier molecular flexibility index (Phi) is 4.70. The van der Waals surface area contributed by atoms with Gasteiger partial charge in [-0.2, -0.15) is 0 Å². The van der Waals surface area contributed by atoms with Crippen LogP contribution in [-0.4, -0.2) is 18.2 Å². The number of ether oxygens (including phenoxy) is 1. The van der Waals surface area contributed by atoms with Gasteiger partial charge in [-0.3, -0.25) is 4.79 Å². The minimum absolute atomic E-state index is 0.279. The van der Waals surface area contributed by atoms with E-state index in [1.165, 1.54) is 0 Å². The molecule has 0 aromatic heterocycles. The third-order valence-electron chi connectivity index (χ3n) is 3.97. The third kappa shape index (κ3) is 3.41. The molecule has 0 spiro atoms. The van der Waals surface area contributed by atoms with Gasteiger partial charge in [-0.05, 0) is 48.9 Å². The van der Waals surface area contributed by atoms with Gasteiger partial charge in [0.25, 0.3) is 0 Å². The van der Waals surface area contributed by atoms with Crippen LogP contribution in [0.25, 0.3) is 0 Å². The van der Waals surface area contributed by atoms with Gasteiger partial charge >= 0.3 is 5.97 Å². The molecular weight excluding hydrogens is 264 g/mol. The van der Waals surface area contributed by atoms with Gasteiger partial charge in [0.1, 0.15) is 5.75 Å². The predicted octanol–water partition coefficient (Wildman–Crippen LogP) is 3.78. The molecule has 1 aromatic rings. The van der Waals surface area contributed by atoms with Crippen LogP contribution < -0.4 is 4.74 Å². The Morgan fingerprint density at radius 2 is 2.16 bits per heavy atom. The van der Waals surface area contributed by atoms with E-state index < -0.39 is 5.97 Å². The highest BCUT2D eigenvalue weighted by molar-refractivity contribution is 6.30. The number of hydrogen-bond acceptors (Lipinski definition) is 2. The maximum absolute atomic E-state index is 11.5. The summed E-state index contributed by atoms with van der Waals surface area (Å²) in [4.78, 5) is 11.5. The molecule has 0 amide bonds. The summed E-state index contributed by atoms with van der Waals surface area (Å²) in [6.45, 7) is 0. The first-order valence-electron chi connectivity index (χ1n) is 6.67. The van der Waals surface area contributed by atoms with E-state index in [2.05, 4.69) is 0 Å². The summed E-state index contributed by atoms with van der Waals surface area (Å²) in [5.41, 5.74) is 0.884. The number of carboxylic acid groups (broad SMARTS) is 1. The minimum atomic E-state index is -0.714. The highest BCUT2D eigenvalue weighted by atomic mass is 35.5. The van der Waals surface area contributed by atoms with Gasteiger partial charge in [0.15, 0.2) is 0 Å². The maximum Gasteiger partial charge on any atom is 0.307 e. The summed E-state index contributed by atoms with van der Waals surface area (Å²) in [6.07, 6.45) is 4.80. The molecule has 0 aliphatic heterocycles. The first-order chi connectivity index (χ1) is 9.11. The van der Waals surface area contributed by atoms with Crippen molar-refractivity contribution in [2.24, 2.45) is 11.8 Å². The molecule has 0 heterocycles. The molecule has 2 rings (SSSR count). The average molecular weight is 283 g/mol. The smallest absolute Gasteiger partial charge is 0.307 e. The molecule has 1 fully saturated rings. The second-order valence-corrected chi connectivity index (χ2v) is 5.59. The molecule has 1 atom stereocenters. The van der Waals surface area contributed by atoms with E-state index in [4.69, 9.17) is 16.3 Å². The molecule has 1 unspecified atom stereocenters. The Hall–Kier alpha value is -1.22. The Labute approximate surface area is 118 Å². The number of methoxy groups -OCH3 is 1. The van der Waals surface area contributed by atoms with Crippen molar-refractivity contribution in [3.63, 3.8) is 0 Å². The fourth-order valence-electron chi connectivity index (χ4n) is 2.96. The largest absolute Gasteiger partial charge is 0.496 e. The zero-order chi connectivity index (χ0) is 13.8. The van der Waals surface area contributed by atoms with Gasteiger partial charge in [0.2, 0.25) is 0 Å². The first-order valence-corrected chi connectivity index (χ1v) is 7.05. The van der Waals surface area contributed by atoms with Crippen LogP contribution in [0.2, 0.25) is 5.02 Å². The van der Waals surface area contributed by atoms with E-state index in [-0.39, 0.29) is 11.8 Å². The lowest BCUT2D eigenvalue weighted by Crippen LogP contribution is -2.24. The standard InChI is InChI=1S/C15H19ClO3/c1-19-14-7-6-12(16)8-11(14)9-13(15(17)18)10-4-2-3-5-10/h6-8,10,13H,2-5,9H2,1H3,(H,17,18). The first kappa shape index (κ1) is 14.2.